The van der Waals surface area contributed by atoms with E-state index in [1.54, 1.807) is 6.07 Å². The van der Waals surface area contributed by atoms with Gasteiger partial charge in [-0.2, -0.15) is 9.97 Å². The number of hydrogen-bond acceptors (Lipinski definition) is 5. The van der Waals surface area contributed by atoms with Gasteiger partial charge in [0.1, 0.15) is 17.4 Å². The fraction of sp³-hybridized carbons (Fsp3) is 0.167. The Bertz CT molecular complexity index is 594. The molecule has 0 fully saturated rings. The third kappa shape index (κ3) is 3.45. The average Bonchev–Trinajstić information content (AvgIpc) is 2.33. The molecule has 2 rings (SSSR count). The van der Waals surface area contributed by atoms with Crippen LogP contribution in [0.4, 0.5) is 16.2 Å². The second kappa shape index (κ2) is 5.71. The van der Waals surface area contributed by atoms with Crippen LogP contribution in [0.5, 0.6) is 11.6 Å². The Morgan fingerprint density at radius 3 is 2.84 bits per heavy atom. The molecule has 1 aromatic carbocycles. The van der Waals surface area contributed by atoms with Gasteiger partial charge in [0.25, 0.3) is 0 Å². The van der Waals surface area contributed by atoms with Crippen molar-refractivity contribution in [1.82, 2.24) is 9.97 Å². The van der Waals surface area contributed by atoms with Gasteiger partial charge in [-0.3, -0.25) is 0 Å². The SMILES string of the molecule is CCNc1cc(Oc2ccc(Cl)c(F)c2)nc(N)n1. The Morgan fingerprint density at radius 1 is 1.37 bits per heavy atom. The van der Waals surface area contributed by atoms with E-state index in [-0.39, 0.29) is 22.6 Å². The first-order valence-electron chi connectivity index (χ1n) is 5.60. The van der Waals surface area contributed by atoms with Crippen molar-refractivity contribution in [1.29, 1.82) is 0 Å². The van der Waals surface area contributed by atoms with E-state index >= 15 is 0 Å². The van der Waals surface area contributed by atoms with Gasteiger partial charge in [-0.1, -0.05) is 11.6 Å². The number of benzene rings is 1. The lowest BCUT2D eigenvalue weighted by atomic mass is 10.3. The Kier molecular flexibility index (Phi) is 4.01. The van der Waals surface area contributed by atoms with Crippen LogP contribution >= 0.6 is 11.6 Å². The number of halogens is 2. The molecule has 7 heteroatoms. The number of ether oxygens (including phenoxy) is 1. The largest absolute Gasteiger partial charge is 0.439 e. The number of nitrogens with zero attached hydrogens (tertiary/aromatic N) is 2. The minimum Gasteiger partial charge on any atom is -0.439 e. The molecule has 0 amide bonds. The molecule has 0 saturated heterocycles. The topological polar surface area (TPSA) is 73.1 Å². The molecule has 5 nitrogen and oxygen atoms in total. The molecule has 2 aromatic rings. The number of nitrogens with two attached hydrogens (primary N) is 1. The van der Waals surface area contributed by atoms with Gasteiger partial charge < -0.3 is 15.8 Å². The molecule has 1 aromatic heterocycles. The van der Waals surface area contributed by atoms with Gasteiger partial charge >= 0.3 is 0 Å². The second-order valence-corrected chi connectivity index (χ2v) is 4.07. The van der Waals surface area contributed by atoms with E-state index in [9.17, 15) is 4.39 Å². The van der Waals surface area contributed by atoms with Crippen molar-refractivity contribution in [2.75, 3.05) is 17.6 Å². The normalized spacial score (nSPS) is 10.3. The second-order valence-electron chi connectivity index (χ2n) is 3.66. The summed E-state index contributed by atoms with van der Waals surface area (Å²) in [6.45, 7) is 2.61. The van der Waals surface area contributed by atoms with E-state index in [0.717, 1.165) is 0 Å². The van der Waals surface area contributed by atoms with Crippen molar-refractivity contribution in [2.45, 2.75) is 6.92 Å². The van der Waals surface area contributed by atoms with Crippen molar-refractivity contribution in [3.05, 3.63) is 35.1 Å². The van der Waals surface area contributed by atoms with Crippen molar-refractivity contribution in [3.8, 4) is 11.6 Å². The van der Waals surface area contributed by atoms with Gasteiger partial charge in [-0.15, -0.1) is 0 Å². The fourth-order valence-electron chi connectivity index (χ4n) is 1.43. The van der Waals surface area contributed by atoms with Crippen molar-refractivity contribution < 1.29 is 9.13 Å². The number of nitrogen functional groups attached to an aromatic ring is 1. The van der Waals surface area contributed by atoms with Crippen LogP contribution in [-0.4, -0.2) is 16.5 Å². The zero-order valence-electron chi connectivity index (χ0n) is 10.2. The third-order valence-corrected chi connectivity index (χ3v) is 2.50. The van der Waals surface area contributed by atoms with E-state index < -0.39 is 5.82 Å². The van der Waals surface area contributed by atoms with Crippen molar-refractivity contribution in [3.63, 3.8) is 0 Å². The molecule has 19 heavy (non-hydrogen) atoms. The van der Waals surface area contributed by atoms with Gasteiger partial charge in [-0.05, 0) is 19.1 Å². The molecular weight excluding hydrogens is 271 g/mol. The highest BCUT2D eigenvalue weighted by molar-refractivity contribution is 6.30. The van der Waals surface area contributed by atoms with Crippen LogP contribution in [-0.2, 0) is 0 Å². The summed E-state index contributed by atoms with van der Waals surface area (Å²) in [5.74, 6) is 0.558. The third-order valence-electron chi connectivity index (χ3n) is 2.19. The number of anilines is 2. The molecule has 1 heterocycles. The summed E-state index contributed by atoms with van der Waals surface area (Å²) >= 11 is 5.59. The molecule has 0 saturated carbocycles. The van der Waals surface area contributed by atoms with Crippen molar-refractivity contribution in [2.24, 2.45) is 0 Å². The highest BCUT2D eigenvalue weighted by Gasteiger charge is 2.06. The minimum atomic E-state index is -0.562. The first-order valence-corrected chi connectivity index (χ1v) is 5.97. The summed E-state index contributed by atoms with van der Waals surface area (Å²) < 4.78 is 18.7. The summed E-state index contributed by atoms with van der Waals surface area (Å²) in [5, 5.41) is 3.02. The van der Waals surface area contributed by atoms with E-state index in [1.807, 2.05) is 6.92 Å². The minimum absolute atomic E-state index is 0.0305. The van der Waals surface area contributed by atoms with Crippen LogP contribution in [0.3, 0.4) is 0 Å². The van der Waals surface area contributed by atoms with Crippen LogP contribution in [0, 0.1) is 5.82 Å². The molecule has 0 atom stereocenters. The highest BCUT2D eigenvalue weighted by Crippen LogP contribution is 2.25. The van der Waals surface area contributed by atoms with Crippen LogP contribution in [0.2, 0.25) is 5.02 Å². The van der Waals surface area contributed by atoms with Crippen LogP contribution in [0.25, 0.3) is 0 Å². The monoisotopic (exact) mass is 282 g/mol. The van der Waals surface area contributed by atoms with Gasteiger partial charge in [-0.25, -0.2) is 4.39 Å². The van der Waals surface area contributed by atoms with Crippen LogP contribution < -0.4 is 15.8 Å². The van der Waals surface area contributed by atoms with Gasteiger partial charge in [0.15, 0.2) is 0 Å². The molecular formula is C12H12ClFN4O. The summed E-state index contributed by atoms with van der Waals surface area (Å²) in [5.41, 5.74) is 5.56. The number of hydrogen-bond donors (Lipinski definition) is 2. The number of nitrogens with one attached hydrogen (secondary N) is 1. The summed E-state index contributed by atoms with van der Waals surface area (Å²) in [7, 11) is 0. The summed E-state index contributed by atoms with van der Waals surface area (Å²) in [6.07, 6.45) is 0. The molecule has 0 radical (unpaired) electrons. The van der Waals surface area contributed by atoms with E-state index in [4.69, 9.17) is 22.1 Å². The molecule has 3 N–H and O–H groups in total. The zero-order valence-corrected chi connectivity index (χ0v) is 10.9. The molecule has 0 aliphatic heterocycles. The maximum Gasteiger partial charge on any atom is 0.226 e. The van der Waals surface area contributed by atoms with E-state index in [2.05, 4.69) is 15.3 Å². The first-order chi connectivity index (χ1) is 9.08. The van der Waals surface area contributed by atoms with Crippen LogP contribution in [0.15, 0.2) is 24.3 Å². The Morgan fingerprint density at radius 2 is 2.16 bits per heavy atom. The lowest BCUT2D eigenvalue weighted by Crippen LogP contribution is -2.04. The Balaban J connectivity index is 2.24. The van der Waals surface area contributed by atoms with E-state index in [0.29, 0.717) is 12.4 Å². The van der Waals surface area contributed by atoms with Gasteiger partial charge in [0.2, 0.25) is 11.8 Å². The summed E-state index contributed by atoms with van der Waals surface area (Å²) in [6, 6.07) is 5.69. The summed E-state index contributed by atoms with van der Waals surface area (Å²) in [4.78, 5) is 7.89. The average molecular weight is 283 g/mol. The zero-order chi connectivity index (χ0) is 13.8. The predicted molar refractivity (Wildman–Crippen MR) is 72.1 cm³/mol. The maximum absolute atomic E-state index is 13.3. The molecule has 0 unspecified atom stereocenters. The molecule has 0 spiro atoms. The lowest BCUT2D eigenvalue weighted by Gasteiger charge is -2.08. The highest BCUT2D eigenvalue weighted by atomic mass is 35.5. The lowest BCUT2D eigenvalue weighted by molar-refractivity contribution is 0.458. The maximum atomic E-state index is 13.3. The first kappa shape index (κ1) is 13.4. The number of aromatic nitrogens is 2. The molecule has 100 valence electrons. The molecule has 0 aliphatic carbocycles. The molecule has 0 aliphatic rings. The molecule has 0 bridgehead atoms. The smallest absolute Gasteiger partial charge is 0.226 e. The van der Waals surface area contributed by atoms with E-state index in [1.165, 1.54) is 18.2 Å². The standard InChI is InChI=1S/C12H12ClFN4O/c1-2-16-10-6-11(18-12(15)17-10)19-7-3-4-8(13)9(14)5-7/h3-6H,2H2,1H3,(H3,15,16,17,18). The van der Waals surface area contributed by atoms with Crippen LogP contribution in [0.1, 0.15) is 6.92 Å². The Labute approximate surface area is 114 Å². The fourth-order valence-corrected chi connectivity index (χ4v) is 1.55. The van der Waals surface area contributed by atoms with Gasteiger partial charge in [0, 0.05) is 18.7 Å². The van der Waals surface area contributed by atoms with Crippen molar-refractivity contribution >= 4 is 23.4 Å². The van der Waals surface area contributed by atoms with Gasteiger partial charge in [0.05, 0.1) is 5.02 Å². The predicted octanol–water partition coefficient (Wildman–Crippen LogP) is 3.08. The quantitative estimate of drug-likeness (QED) is 0.901. The Hall–Kier alpha value is -2.08. The number of rotatable bonds is 4.